The maximum atomic E-state index is 12.3. The number of hydrogen-bond acceptors (Lipinski definition) is 2. The number of hydrogen-bond donors (Lipinski definition) is 2. The van der Waals surface area contributed by atoms with Gasteiger partial charge in [0.2, 0.25) is 0 Å². The predicted molar refractivity (Wildman–Crippen MR) is 80.2 cm³/mol. The smallest absolute Gasteiger partial charge is 0.268 e. The van der Waals surface area contributed by atoms with Crippen LogP contribution >= 0.6 is 0 Å². The molecule has 1 atom stereocenters. The van der Waals surface area contributed by atoms with E-state index in [0.29, 0.717) is 17.2 Å². The van der Waals surface area contributed by atoms with Crippen molar-refractivity contribution in [2.24, 2.45) is 5.92 Å². The highest BCUT2D eigenvalue weighted by atomic mass is 16.2. The number of benzene rings is 1. The van der Waals surface area contributed by atoms with Crippen LogP contribution in [-0.4, -0.2) is 16.7 Å². The molecule has 0 bridgehead atoms. The summed E-state index contributed by atoms with van der Waals surface area (Å²) in [7, 11) is 0. The van der Waals surface area contributed by atoms with Crippen molar-refractivity contribution in [2.45, 2.75) is 25.8 Å². The minimum Gasteiger partial charge on any atom is -0.356 e. The summed E-state index contributed by atoms with van der Waals surface area (Å²) in [5.41, 5.74) is 2.09. The van der Waals surface area contributed by atoms with E-state index >= 15 is 0 Å². The SMILES string of the molecule is CC(=O)c1c[nH]c(C(=O)N[C@@H](c2ccccc2)C2CC2)c1. The molecular weight excluding hydrogens is 264 g/mol. The predicted octanol–water partition coefficient (Wildman–Crippen LogP) is 3.10. The Bertz CT molecular complexity index is 656. The minimum atomic E-state index is -0.164. The van der Waals surface area contributed by atoms with Crippen LogP contribution in [0.5, 0.6) is 0 Å². The largest absolute Gasteiger partial charge is 0.356 e. The number of amides is 1. The van der Waals surface area contributed by atoms with Gasteiger partial charge in [-0.2, -0.15) is 0 Å². The molecule has 2 N–H and O–H groups in total. The molecule has 21 heavy (non-hydrogen) atoms. The normalized spacial score (nSPS) is 15.5. The topological polar surface area (TPSA) is 62.0 Å². The Kier molecular flexibility index (Phi) is 3.60. The summed E-state index contributed by atoms with van der Waals surface area (Å²) in [6.45, 7) is 1.49. The number of H-pyrrole nitrogens is 1. The van der Waals surface area contributed by atoms with E-state index in [1.54, 1.807) is 12.3 Å². The lowest BCUT2D eigenvalue weighted by molar-refractivity contribution is 0.0927. The number of nitrogens with one attached hydrogen (secondary N) is 2. The second kappa shape index (κ2) is 5.56. The van der Waals surface area contributed by atoms with Crippen molar-refractivity contribution in [3.8, 4) is 0 Å². The highest BCUT2D eigenvalue weighted by Crippen LogP contribution is 2.41. The highest BCUT2D eigenvalue weighted by molar-refractivity contribution is 5.99. The monoisotopic (exact) mass is 282 g/mol. The van der Waals surface area contributed by atoms with Gasteiger partial charge >= 0.3 is 0 Å². The first-order chi connectivity index (χ1) is 10.1. The van der Waals surface area contributed by atoms with Crippen LogP contribution in [0.25, 0.3) is 0 Å². The molecule has 1 aliphatic rings. The van der Waals surface area contributed by atoms with Crippen molar-refractivity contribution < 1.29 is 9.59 Å². The van der Waals surface area contributed by atoms with Gasteiger partial charge in [-0.15, -0.1) is 0 Å². The Morgan fingerprint density at radius 2 is 1.95 bits per heavy atom. The Hall–Kier alpha value is -2.36. The zero-order chi connectivity index (χ0) is 14.8. The molecule has 0 saturated heterocycles. The molecule has 0 unspecified atom stereocenters. The van der Waals surface area contributed by atoms with Gasteiger partial charge < -0.3 is 10.3 Å². The number of aromatic amines is 1. The van der Waals surface area contributed by atoms with Gasteiger partial charge in [-0.05, 0) is 37.3 Å². The molecule has 1 aromatic carbocycles. The fourth-order valence-corrected chi connectivity index (χ4v) is 2.51. The summed E-state index contributed by atoms with van der Waals surface area (Å²) in [4.78, 5) is 26.5. The molecule has 1 aromatic heterocycles. The van der Waals surface area contributed by atoms with Crippen molar-refractivity contribution in [1.82, 2.24) is 10.3 Å². The second-order valence-corrected chi connectivity index (χ2v) is 5.56. The van der Waals surface area contributed by atoms with E-state index < -0.39 is 0 Å². The molecule has 0 spiro atoms. The van der Waals surface area contributed by atoms with Gasteiger partial charge in [0.25, 0.3) is 5.91 Å². The van der Waals surface area contributed by atoms with Gasteiger partial charge in [0.05, 0.1) is 6.04 Å². The zero-order valence-corrected chi connectivity index (χ0v) is 11.9. The molecular formula is C17H18N2O2. The van der Waals surface area contributed by atoms with Crippen LogP contribution < -0.4 is 5.32 Å². The van der Waals surface area contributed by atoms with Crippen LogP contribution in [0.2, 0.25) is 0 Å². The van der Waals surface area contributed by atoms with E-state index in [9.17, 15) is 9.59 Å². The molecule has 4 heteroatoms. The van der Waals surface area contributed by atoms with Gasteiger partial charge in [0.1, 0.15) is 5.69 Å². The van der Waals surface area contributed by atoms with E-state index in [0.717, 1.165) is 18.4 Å². The number of Topliss-reactive ketones (excluding diaryl/α,β-unsaturated/α-hetero) is 1. The van der Waals surface area contributed by atoms with Crippen LogP contribution in [0.1, 0.15) is 52.2 Å². The first-order valence-corrected chi connectivity index (χ1v) is 7.20. The fraction of sp³-hybridized carbons (Fsp3) is 0.294. The number of ketones is 1. The molecule has 1 fully saturated rings. The maximum Gasteiger partial charge on any atom is 0.268 e. The summed E-state index contributed by atoms with van der Waals surface area (Å²) in [6, 6.07) is 11.7. The van der Waals surface area contributed by atoms with E-state index in [1.807, 2.05) is 30.3 Å². The summed E-state index contributed by atoms with van der Waals surface area (Å²) < 4.78 is 0. The van der Waals surface area contributed by atoms with Crippen molar-refractivity contribution in [2.75, 3.05) is 0 Å². The molecule has 1 aliphatic carbocycles. The standard InChI is InChI=1S/C17H18N2O2/c1-11(20)14-9-15(18-10-14)17(21)19-16(13-7-8-13)12-5-3-2-4-6-12/h2-6,9-10,13,16,18H,7-8H2,1H3,(H,19,21)/t16-/m0/s1. The minimum absolute atomic E-state index is 0.0442. The fourth-order valence-electron chi connectivity index (χ4n) is 2.51. The molecule has 1 heterocycles. The number of carbonyl (C=O) groups is 2. The lowest BCUT2D eigenvalue weighted by Crippen LogP contribution is -2.30. The third-order valence-corrected chi connectivity index (χ3v) is 3.87. The van der Waals surface area contributed by atoms with Crippen LogP contribution in [0.15, 0.2) is 42.6 Å². The maximum absolute atomic E-state index is 12.3. The number of carbonyl (C=O) groups excluding carboxylic acids is 2. The van der Waals surface area contributed by atoms with Crippen LogP contribution in [-0.2, 0) is 0 Å². The molecule has 4 nitrogen and oxygen atoms in total. The lowest BCUT2D eigenvalue weighted by atomic mass is 10.0. The summed E-state index contributed by atoms with van der Waals surface area (Å²) >= 11 is 0. The third-order valence-electron chi connectivity index (χ3n) is 3.87. The average Bonchev–Trinajstić information content (AvgIpc) is 3.20. The molecule has 1 saturated carbocycles. The Labute approximate surface area is 123 Å². The first kappa shape index (κ1) is 13.6. The van der Waals surface area contributed by atoms with Gasteiger partial charge in [-0.1, -0.05) is 30.3 Å². The molecule has 1 amide bonds. The molecule has 3 rings (SSSR count). The molecule has 0 aliphatic heterocycles. The summed E-state index contributed by atoms with van der Waals surface area (Å²) in [6.07, 6.45) is 3.86. The van der Waals surface area contributed by atoms with E-state index in [-0.39, 0.29) is 17.7 Å². The van der Waals surface area contributed by atoms with Crippen LogP contribution in [0, 0.1) is 5.92 Å². The molecule has 2 aromatic rings. The third kappa shape index (κ3) is 3.05. The number of rotatable bonds is 5. The van der Waals surface area contributed by atoms with E-state index in [4.69, 9.17) is 0 Å². The van der Waals surface area contributed by atoms with Crippen LogP contribution in [0.4, 0.5) is 0 Å². The highest BCUT2D eigenvalue weighted by Gasteiger charge is 2.33. The van der Waals surface area contributed by atoms with Crippen molar-refractivity contribution in [1.29, 1.82) is 0 Å². The van der Waals surface area contributed by atoms with Crippen molar-refractivity contribution in [3.63, 3.8) is 0 Å². The zero-order valence-electron chi connectivity index (χ0n) is 11.9. The summed E-state index contributed by atoms with van der Waals surface area (Å²) in [5.74, 6) is 0.300. The summed E-state index contributed by atoms with van der Waals surface area (Å²) in [5, 5.41) is 3.08. The van der Waals surface area contributed by atoms with Crippen molar-refractivity contribution in [3.05, 3.63) is 59.4 Å². The van der Waals surface area contributed by atoms with Crippen molar-refractivity contribution >= 4 is 11.7 Å². The van der Waals surface area contributed by atoms with Crippen LogP contribution in [0.3, 0.4) is 0 Å². The van der Waals surface area contributed by atoms with E-state index in [2.05, 4.69) is 10.3 Å². The average molecular weight is 282 g/mol. The Morgan fingerprint density at radius 1 is 1.24 bits per heavy atom. The Balaban J connectivity index is 1.76. The second-order valence-electron chi connectivity index (χ2n) is 5.56. The van der Waals surface area contributed by atoms with Gasteiger partial charge in [0.15, 0.2) is 5.78 Å². The lowest BCUT2D eigenvalue weighted by Gasteiger charge is -2.18. The molecule has 108 valence electrons. The van der Waals surface area contributed by atoms with E-state index in [1.165, 1.54) is 6.92 Å². The van der Waals surface area contributed by atoms with Gasteiger partial charge in [-0.25, -0.2) is 0 Å². The van der Waals surface area contributed by atoms with Gasteiger partial charge in [0, 0.05) is 11.8 Å². The van der Waals surface area contributed by atoms with Gasteiger partial charge in [-0.3, -0.25) is 9.59 Å². The quantitative estimate of drug-likeness (QED) is 0.828. The molecule has 0 radical (unpaired) electrons. The number of aromatic nitrogens is 1. The Morgan fingerprint density at radius 3 is 2.52 bits per heavy atom. The first-order valence-electron chi connectivity index (χ1n) is 7.20.